The van der Waals surface area contributed by atoms with Gasteiger partial charge in [-0.15, -0.1) is 13.9 Å². The van der Waals surface area contributed by atoms with Gasteiger partial charge in [-0.3, -0.25) is 0 Å². The third kappa shape index (κ3) is 3.34. The number of hydrogen-bond acceptors (Lipinski definition) is 7. The van der Waals surface area contributed by atoms with E-state index in [9.17, 15) is 5.11 Å². The van der Waals surface area contributed by atoms with Crippen LogP contribution in [0.4, 0.5) is 0 Å². The van der Waals surface area contributed by atoms with Crippen molar-refractivity contribution < 1.29 is 29.6 Å². The van der Waals surface area contributed by atoms with Crippen molar-refractivity contribution in [3.63, 3.8) is 0 Å². The van der Waals surface area contributed by atoms with E-state index in [0.717, 1.165) is 21.5 Å². The van der Waals surface area contributed by atoms with Gasteiger partial charge in [-0.25, -0.2) is 5.26 Å². The number of hydrogen-bond donors (Lipinski definition) is 3. The molecule has 0 bridgehead atoms. The standard InChI is InChI=1S/C15H12NO6P/c17-10-3-1-9(2-4-10)13-8-19-14-7-11(20-22-16-21-18)5-6-12(14)15(13)23/h1-8,16-18,23H. The Kier molecular flexibility index (Phi) is 4.57. The van der Waals surface area contributed by atoms with E-state index in [2.05, 4.69) is 18.8 Å². The van der Waals surface area contributed by atoms with E-state index in [1.54, 1.807) is 54.4 Å². The monoisotopic (exact) mass is 333 g/mol. The second kappa shape index (κ2) is 6.78. The maximum atomic E-state index is 9.37. The van der Waals surface area contributed by atoms with Gasteiger partial charge in [0.25, 0.3) is 0 Å². The molecule has 0 saturated carbocycles. The lowest BCUT2D eigenvalue weighted by atomic mass is 10.1. The highest BCUT2D eigenvalue weighted by Gasteiger charge is 2.07. The van der Waals surface area contributed by atoms with Crippen LogP contribution in [0.5, 0.6) is 11.5 Å². The summed E-state index contributed by atoms with van der Waals surface area (Å²) in [5.74, 6) is 0.540. The molecule has 118 valence electrons. The zero-order valence-electron chi connectivity index (χ0n) is 11.6. The molecule has 2 aromatic carbocycles. The van der Waals surface area contributed by atoms with Crippen molar-refractivity contribution in [1.82, 2.24) is 5.64 Å². The van der Waals surface area contributed by atoms with Crippen LogP contribution in [0.15, 0.2) is 53.1 Å². The Labute approximate surface area is 132 Å². The van der Waals surface area contributed by atoms with Gasteiger partial charge in [-0.1, -0.05) is 17.1 Å². The average molecular weight is 333 g/mol. The third-order valence-corrected chi connectivity index (χ3v) is 3.72. The highest BCUT2D eigenvalue weighted by molar-refractivity contribution is 7.07. The number of benzene rings is 2. The number of fused-ring (bicyclic) bond motifs is 1. The van der Waals surface area contributed by atoms with Crippen molar-refractivity contribution in [3.8, 4) is 22.6 Å². The quantitative estimate of drug-likeness (QED) is 0.284. The maximum Gasteiger partial charge on any atom is 0.171 e. The first-order chi connectivity index (χ1) is 11.2. The molecule has 8 heteroatoms. The van der Waals surface area contributed by atoms with Crippen molar-refractivity contribution >= 4 is 19.8 Å². The summed E-state index contributed by atoms with van der Waals surface area (Å²) in [7, 11) is 3.62. The Balaban J connectivity index is 1.98. The van der Waals surface area contributed by atoms with E-state index in [1.165, 1.54) is 0 Å². The molecule has 3 rings (SSSR count). The summed E-state index contributed by atoms with van der Waals surface area (Å²) in [4.78, 5) is 13.5. The van der Waals surface area contributed by atoms with E-state index in [-0.39, 0.29) is 5.75 Å². The van der Waals surface area contributed by atoms with E-state index < -0.39 is 0 Å². The van der Waals surface area contributed by atoms with Gasteiger partial charge in [0.05, 0.1) is 6.26 Å². The van der Waals surface area contributed by atoms with Gasteiger partial charge in [0, 0.05) is 22.0 Å². The van der Waals surface area contributed by atoms with Crippen LogP contribution in [0.25, 0.3) is 22.1 Å². The Morgan fingerprint density at radius 3 is 2.61 bits per heavy atom. The van der Waals surface area contributed by atoms with Gasteiger partial charge >= 0.3 is 0 Å². The first kappa shape index (κ1) is 15.5. The van der Waals surface area contributed by atoms with Gasteiger partial charge in [-0.2, -0.15) is 0 Å². The van der Waals surface area contributed by atoms with Crippen LogP contribution < -0.4 is 10.5 Å². The van der Waals surface area contributed by atoms with E-state index in [0.29, 0.717) is 11.3 Å². The smallest absolute Gasteiger partial charge is 0.171 e. The van der Waals surface area contributed by atoms with Gasteiger partial charge in [-0.05, 0) is 35.5 Å². The molecule has 0 atom stereocenters. The number of nitrogens with one attached hydrogen (secondary N) is 1. The van der Waals surface area contributed by atoms with Crippen molar-refractivity contribution in [2.24, 2.45) is 0 Å². The highest BCUT2D eigenvalue weighted by Crippen LogP contribution is 2.30. The second-order valence-electron chi connectivity index (χ2n) is 4.57. The van der Waals surface area contributed by atoms with Crippen molar-refractivity contribution in [2.75, 3.05) is 0 Å². The second-order valence-corrected chi connectivity index (χ2v) is 5.07. The zero-order valence-corrected chi connectivity index (χ0v) is 12.6. The van der Waals surface area contributed by atoms with Gasteiger partial charge in [0.15, 0.2) is 5.75 Å². The molecule has 0 fully saturated rings. The molecule has 0 saturated heterocycles. The molecule has 3 aromatic rings. The fourth-order valence-electron chi connectivity index (χ4n) is 2.12. The Hall–Kier alpha value is -2.41. The minimum atomic E-state index is 0.198. The molecule has 1 heterocycles. The molecule has 3 N–H and O–H groups in total. The van der Waals surface area contributed by atoms with E-state index in [1.807, 2.05) is 0 Å². The number of phenolic OH excluding ortho intramolecular Hbond substituents is 1. The molecule has 0 aliphatic heterocycles. The normalized spacial score (nSPS) is 10.8. The largest absolute Gasteiger partial charge is 0.508 e. The van der Waals surface area contributed by atoms with Crippen molar-refractivity contribution in [2.45, 2.75) is 0 Å². The van der Waals surface area contributed by atoms with Crippen LogP contribution in [0.3, 0.4) is 0 Å². The lowest BCUT2D eigenvalue weighted by Crippen LogP contribution is -2.15. The number of rotatable bonds is 5. The Bertz CT molecular complexity index is 877. The fourth-order valence-corrected chi connectivity index (χ4v) is 2.53. The molecule has 0 unspecified atom stereocenters. The molecule has 1 aromatic heterocycles. The summed E-state index contributed by atoms with van der Waals surface area (Å²) in [6, 6.07) is 11.8. The van der Waals surface area contributed by atoms with Crippen LogP contribution >= 0.6 is 8.86 Å². The Morgan fingerprint density at radius 2 is 1.87 bits per heavy atom. The molecule has 0 spiro atoms. The molecular formula is C15H12NO6P. The summed E-state index contributed by atoms with van der Waals surface area (Å²) in [5, 5.41) is 18.2. The third-order valence-electron chi connectivity index (χ3n) is 3.18. The first-order valence-electron chi connectivity index (χ1n) is 6.47. The van der Waals surface area contributed by atoms with Crippen LogP contribution in [-0.4, -0.2) is 10.4 Å². The molecular weight excluding hydrogens is 321 g/mol. The topological polar surface area (TPSA) is 93.3 Å². The Morgan fingerprint density at radius 1 is 1.09 bits per heavy atom. The lowest BCUT2D eigenvalue weighted by Gasteiger charge is -2.07. The maximum absolute atomic E-state index is 9.37. The molecule has 0 aliphatic rings. The SMILES string of the molecule is OONOOc1ccc2c(=P)c(-c3ccc(O)cc3)coc2c1. The predicted molar refractivity (Wildman–Crippen MR) is 83.4 cm³/mol. The van der Waals surface area contributed by atoms with Crippen LogP contribution in [0.2, 0.25) is 0 Å². The van der Waals surface area contributed by atoms with Crippen LogP contribution in [0.1, 0.15) is 0 Å². The molecule has 23 heavy (non-hydrogen) atoms. The zero-order chi connectivity index (χ0) is 16.2. The van der Waals surface area contributed by atoms with E-state index in [4.69, 9.17) is 14.6 Å². The fraction of sp³-hybridized carbons (Fsp3) is 0. The minimum absolute atomic E-state index is 0.198. The van der Waals surface area contributed by atoms with Gasteiger partial charge in [0.2, 0.25) is 0 Å². The van der Waals surface area contributed by atoms with Crippen molar-refractivity contribution in [3.05, 3.63) is 53.7 Å². The summed E-state index contributed by atoms with van der Waals surface area (Å²) in [6.07, 6.45) is 1.59. The molecule has 7 nitrogen and oxygen atoms in total. The van der Waals surface area contributed by atoms with Gasteiger partial charge in [0.1, 0.15) is 11.3 Å². The van der Waals surface area contributed by atoms with E-state index >= 15 is 0 Å². The predicted octanol–water partition coefficient (Wildman–Crippen LogP) is 3.70. The van der Waals surface area contributed by atoms with Crippen LogP contribution in [-0.2, 0) is 9.98 Å². The van der Waals surface area contributed by atoms with Gasteiger partial charge < -0.3 is 14.4 Å². The lowest BCUT2D eigenvalue weighted by molar-refractivity contribution is -0.441. The molecule has 0 radical (unpaired) electrons. The molecule has 0 amide bonds. The number of aromatic hydroxyl groups is 1. The van der Waals surface area contributed by atoms with Crippen LogP contribution in [0, 0.1) is 4.94 Å². The number of phenols is 1. The summed E-state index contributed by atoms with van der Waals surface area (Å²) in [6.45, 7) is 0. The molecule has 0 aliphatic carbocycles. The average Bonchev–Trinajstić information content (AvgIpc) is 2.56. The first-order valence-corrected chi connectivity index (χ1v) is 6.97. The summed E-state index contributed by atoms with van der Waals surface area (Å²) >= 11 is 0. The van der Waals surface area contributed by atoms with Crippen molar-refractivity contribution in [1.29, 1.82) is 0 Å². The highest BCUT2D eigenvalue weighted by atomic mass is 31.0. The minimum Gasteiger partial charge on any atom is -0.508 e. The summed E-state index contributed by atoms with van der Waals surface area (Å²) < 4.78 is 5.63. The summed E-state index contributed by atoms with van der Waals surface area (Å²) in [5.41, 5.74) is 3.96.